The van der Waals surface area contributed by atoms with Crippen LogP contribution < -0.4 is 29.1 Å². The fourth-order valence-corrected chi connectivity index (χ4v) is 9.00. The number of carbonyl (C=O) groups is 3. The van der Waals surface area contributed by atoms with Crippen LogP contribution in [0.5, 0.6) is 17.4 Å². The van der Waals surface area contributed by atoms with Crippen LogP contribution >= 0.6 is 0 Å². The van der Waals surface area contributed by atoms with Crippen LogP contribution in [0.1, 0.15) is 62.1 Å². The molecule has 2 amide bonds. The lowest BCUT2D eigenvalue weighted by Gasteiger charge is -2.43. The van der Waals surface area contributed by atoms with Gasteiger partial charge in [0.15, 0.2) is 5.54 Å². The Kier molecular flexibility index (Phi) is 12.0. The Balaban J connectivity index is 0.000000757. The molecule has 18 heteroatoms. The highest BCUT2D eigenvalue weighted by Crippen LogP contribution is 2.51. The van der Waals surface area contributed by atoms with Crippen molar-refractivity contribution in [3.05, 3.63) is 71.4 Å². The summed E-state index contributed by atoms with van der Waals surface area (Å²) in [5.74, 6) is -4.13. The number of carboxylic acid groups (broad SMARTS) is 1. The summed E-state index contributed by atoms with van der Waals surface area (Å²) >= 11 is 0. The van der Waals surface area contributed by atoms with E-state index in [2.05, 4.69) is 21.7 Å². The third-order valence-corrected chi connectivity index (χ3v) is 12.0. The van der Waals surface area contributed by atoms with Crippen molar-refractivity contribution in [2.24, 2.45) is 11.3 Å². The van der Waals surface area contributed by atoms with Gasteiger partial charge in [-0.3, -0.25) is 9.59 Å². The zero-order valence-corrected chi connectivity index (χ0v) is 31.1. The second-order valence-corrected chi connectivity index (χ2v) is 15.0. The summed E-state index contributed by atoms with van der Waals surface area (Å²) in [6, 6.07) is 13.7. The van der Waals surface area contributed by atoms with Crippen molar-refractivity contribution in [1.29, 1.82) is 5.26 Å². The summed E-state index contributed by atoms with van der Waals surface area (Å²) in [4.78, 5) is 42.5. The van der Waals surface area contributed by atoms with E-state index in [1.54, 1.807) is 19.1 Å². The van der Waals surface area contributed by atoms with Crippen molar-refractivity contribution in [2.45, 2.75) is 62.1 Å². The minimum atomic E-state index is -5.08. The van der Waals surface area contributed by atoms with Gasteiger partial charge in [0.1, 0.15) is 16.4 Å². The number of rotatable bonds is 9. The zero-order valence-electron chi connectivity index (χ0n) is 30.2. The van der Waals surface area contributed by atoms with E-state index < -0.39 is 39.5 Å². The molecule has 6 rings (SSSR count). The molecule has 2 fully saturated rings. The highest BCUT2D eigenvalue weighted by atomic mass is 32.2. The number of nitriles is 1. The van der Waals surface area contributed by atoms with E-state index in [9.17, 15) is 31.6 Å². The van der Waals surface area contributed by atoms with Crippen molar-refractivity contribution in [3.63, 3.8) is 0 Å². The van der Waals surface area contributed by atoms with Crippen molar-refractivity contribution < 1.29 is 55.3 Å². The molecule has 1 atom stereocenters. The zero-order chi connectivity index (χ0) is 40.2. The maximum absolute atomic E-state index is 15.1. The number of piperidine rings is 1. The molecule has 1 spiro atoms. The van der Waals surface area contributed by atoms with Gasteiger partial charge in [-0.25, -0.2) is 18.2 Å². The first-order chi connectivity index (χ1) is 26.1. The van der Waals surface area contributed by atoms with E-state index in [0.717, 1.165) is 38.8 Å². The quantitative estimate of drug-likeness (QED) is 0.272. The standard InChI is InChI=1S/C35H39N5O7S.C2HF3O2/c1-4-47-32-26(6-5-17-38-32)35(39-31(41)24-11-13-34(14-12-24)15-18-37-19-16-34)27-20-23(22-36)7-9-28(27)40(33(35)42)48(43,44)30-10-8-25(45-2)21-29(30)46-3;3-2(4,5)1(6)7/h5-10,17,20-21,24,37H,4,11-16,18-19H2,1-3H3,(H,39,41);(H,6,7). The van der Waals surface area contributed by atoms with Crippen LogP contribution in [0.4, 0.5) is 18.9 Å². The Morgan fingerprint density at radius 2 is 1.73 bits per heavy atom. The molecule has 1 aromatic heterocycles. The summed E-state index contributed by atoms with van der Waals surface area (Å²) < 4.78 is 78.2. The number of aromatic nitrogens is 1. The number of fused-ring (bicyclic) bond motifs is 1. The van der Waals surface area contributed by atoms with Crippen molar-refractivity contribution in [2.75, 3.05) is 38.2 Å². The molecule has 1 saturated carbocycles. The predicted molar refractivity (Wildman–Crippen MR) is 190 cm³/mol. The van der Waals surface area contributed by atoms with Gasteiger partial charge >= 0.3 is 12.1 Å². The number of methoxy groups -OCH3 is 2. The first-order valence-electron chi connectivity index (χ1n) is 17.4. The fraction of sp³-hybridized carbons (Fsp3) is 0.432. The molecule has 2 aliphatic heterocycles. The molecule has 55 heavy (non-hydrogen) atoms. The number of ether oxygens (including phenoxy) is 3. The summed E-state index contributed by atoms with van der Waals surface area (Å²) in [7, 11) is -1.91. The molecule has 3 aromatic rings. The second-order valence-electron chi connectivity index (χ2n) is 13.3. The third-order valence-electron chi connectivity index (χ3n) is 10.2. The normalized spacial score (nSPS) is 19.4. The van der Waals surface area contributed by atoms with E-state index in [1.165, 1.54) is 56.8 Å². The number of aliphatic carboxylic acids is 1. The van der Waals surface area contributed by atoms with E-state index in [4.69, 9.17) is 24.1 Å². The summed E-state index contributed by atoms with van der Waals surface area (Å²) in [6.07, 6.45) is 1.57. The van der Waals surface area contributed by atoms with Gasteiger partial charge < -0.3 is 30.0 Å². The number of carbonyl (C=O) groups excluding carboxylic acids is 2. The number of sulfonamides is 1. The van der Waals surface area contributed by atoms with Crippen LogP contribution in [0.3, 0.4) is 0 Å². The molecule has 1 aliphatic carbocycles. The largest absolute Gasteiger partial charge is 0.497 e. The number of halogens is 3. The molecule has 3 N–H and O–H groups in total. The third kappa shape index (κ3) is 7.89. The number of hydrogen-bond donors (Lipinski definition) is 3. The lowest BCUT2D eigenvalue weighted by molar-refractivity contribution is -0.192. The summed E-state index contributed by atoms with van der Waals surface area (Å²) in [5, 5.41) is 23.5. The van der Waals surface area contributed by atoms with E-state index in [0.29, 0.717) is 22.9 Å². The van der Waals surface area contributed by atoms with E-state index in [1.807, 2.05) is 0 Å². The molecular weight excluding hydrogens is 747 g/mol. The molecule has 1 saturated heterocycles. The van der Waals surface area contributed by atoms with Gasteiger partial charge in [-0.2, -0.15) is 22.7 Å². The lowest BCUT2D eigenvalue weighted by atomic mass is 9.65. The van der Waals surface area contributed by atoms with Crippen molar-refractivity contribution in [3.8, 4) is 23.4 Å². The Morgan fingerprint density at radius 1 is 1.05 bits per heavy atom. The first kappa shape index (κ1) is 40.8. The molecule has 14 nitrogen and oxygen atoms in total. The molecule has 0 radical (unpaired) electrons. The average molecular weight is 788 g/mol. The van der Waals surface area contributed by atoms with Gasteiger partial charge in [0.2, 0.25) is 11.8 Å². The van der Waals surface area contributed by atoms with Gasteiger partial charge in [-0.1, -0.05) is 0 Å². The number of pyridine rings is 1. The molecule has 3 aliphatic rings. The number of carboxylic acids is 1. The molecule has 3 heterocycles. The van der Waals surface area contributed by atoms with Gasteiger partial charge in [0.25, 0.3) is 15.9 Å². The van der Waals surface area contributed by atoms with Crippen LogP contribution in [0.15, 0.2) is 59.6 Å². The smallest absolute Gasteiger partial charge is 0.490 e. The Morgan fingerprint density at radius 3 is 2.31 bits per heavy atom. The molecule has 2 aromatic carbocycles. The van der Waals surface area contributed by atoms with Gasteiger partial charge in [-0.15, -0.1) is 0 Å². The number of nitrogens with zero attached hydrogens (tertiary/aromatic N) is 3. The minimum Gasteiger partial charge on any atom is -0.497 e. The number of alkyl halides is 3. The van der Waals surface area contributed by atoms with Gasteiger partial charge in [0, 0.05) is 23.7 Å². The SMILES string of the molecule is CCOc1ncccc1C1(NC(=O)C2CCC3(CCNCC3)CC2)C(=O)N(S(=O)(=O)c2ccc(OC)cc2OC)c2ccc(C#N)cc21.O=C(O)C(F)(F)F. The first-order valence-corrected chi connectivity index (χ1v) is 18.8. The van der Waals surface area contributed by atoms with Gasteiger partial charge in [-0.05, 0) is 106 Å². The monoisotopic (exact) mass is 787 g/mol. The molecular formula is C37H40F3N5O9S. The van der Waals surface area contributed by atoms with Crippen LogP contribution in [-0.4, -0.2) is 76.4 Å². The van der Waals surface area contributed by atoms with Crippen LogP contribution in [-0.2, 0) is 29.9 Å². The Labute approximate surface area is 315 Å². The van der Waals surface area contributed by atoms with E-state index in [-0.39, 0.29) is 56.8 Å². The molecule has 294 valence electrons. The van der Waals surface area contributed by atoms with Crippen LogP contribution in [0.2, 0.25) is 0 Å². The Bertz CT molecular complexity index is 2090. The number of benzene rings is 2. The number of anilines is 1. The van der Waals surface area contributed by atoms with Gasteiger partial charge in [0.05, 0.1) is 43.7 Å². The number of amides is 2. The maximum atomic E-state index is 15.1. The minimum absolute atomic E-state index is 0.0132. The fourth-order valence-electron chi connectivity index (χ4n) is 7.40. The molecule has 1 unspecified atom stereocenters. The van der Waals surface area contributed by atoms with E-state index >= 15 is 4.79 Å². The van der Waals surface area contributed by atoms with Crippen molar-refractivity contribution >= 4 is 33.5 Å². The number of hydrogen-bond acceptors (Lipinski definition) is 11. The average Bonchev–Trinajstić information content (AvgIpc) is 3.42. The van der Waals surface area contributed by atoms with Crippen LogP contribution in [0, 0.1) is 22.7 Å². The van der Waals surface area contributed by atoms with Crippen molar-refractivity contribution in [1.82, 2.24) is 15.6 Å². The highest BCUT2D eigenvalue weighted by Gasteiger charge is 2.59. The topological polar surface area (TPSA) is 197 Å². The predicted octanol–water partition coefficient (Wildman–Crippen LogP) is 4.66. The highest BCUT2D eigenvalue weighted by molar-refractivity contribution is 7.93. The second kappa shape index (κ2) is 16.1. The summed E-state index contributed by atoms with van der Waals surface area (Å²) in [6.45, 7) is 3.86. The Hall–Kier alpha value is -5.41. The number of nitrogens with one attached hydrogen (secondary N) is 2. The summed E-state index contributed by atoms with van der Waals surface area (Å²) in [5.41, 5.74) is -1.45. The lowest BCUT2D eigenvalue weighted by Crippen LogP contribution is -2.56. The molecule has 0 bridgehead atoms. The maximum Gasteiger partial charge on any atom is 0.490 e. The van der Waals surface area contributed by atoms with Crippen LogP contribution in [0.25, 0.3) is 0 Å².